The fraction of sp³-hybridized carbons (Fsp3) is 0.192. The minimum Gasteiger partial charge on any atom is -0.465 e. The van der Waals surface area contributed by atoms with Crippen molar-refractivity contribution in [1.82, 2.24) is 4.98 Å². The van der Waals surface area contributed by atoms with Crippen molar-refractivity contribution >= 4 is 46.1 Å². The average molecular weight is 482 g/mol. The van der Waals surface area contributed by atoms with E-state index in [1.165, 1.54) is 7.11 Å². The van der Waals surface area contributed by atoms with Crippen LogP contribution in [0.15, 0.2) is 59.0 Å². The van der Waals surface area contributed by atoms with Crippen LogP contribution < -0.4 is 0 Å². The average Bonchev–Trinajstić information content (AvgIpc) is 3.15. The predicted molar refractivity (Wildman–Crippen MR) is 130 cm³/mol. The van der Waals surface area contributed by atoms with E-state index < -0.39 is 11.4 Å². The summed E-state index contributed by atoms with van der Waals surface area (Å²) in [5, 5.41) is 1.48. The minimum absolute atomic E-state index is 0.0563. The molecule has 0 saturated carbocycles. The third-order valence-corrected chi connectivity index (χ3v) is 5.83. The first-order valence-electron chi connectivity index (χ1n) is 10.2. The van der Waals surface area contributed by atoms with Crippen LogP contribution in [0.3, 0.4) is 0 Å². The van der Waals surface area contributed by atoms with Crippen LogP contribution in [0.5, 0.6) is 0 Å². The van der Waals surface area contributed by atoms with Crippen LogP contribution in [-0.2, 0) is 4.74 Å². The molecule has 0 saturated heterocycles. The van der Waals surface area contributed by atoms with Crippen LogP contribution in [0.1, 0.15) is 41.7 Å². The summed E-state index contributed by atoms with van der Waals surface area (Å²) in [5.41, 5.74) is 2.18. The molecule has 2 heterocycles. The first-order chi connectivity index (χ1) is 15.6. The van der Waals surface area contributed by atoms with Crippen LogP contribution >= 0.6 is 23.2 Å². The van der Waals surface area contributed by atoms with Crippen molar-refractivity contribution in [2.24, 2.45) is 5.41 Å². The predicted octanol–water partition coefficient (Wildman–Crippen LogP) is 7.48. The number of aromatic nitrogens is 1. The first-order valence-corrected chi connectivity index (χ1v) is 11.0. The van der Waals surface area contributed by atoms with E-state index in [2.05, 4.69) is 0 Å². The van der Waals surface area contributed by atoms with Crippen LogP contribution in [0.2, 0.25) is 10.0 Å². The zero-order valence-corrected chi connectivity index (χ0v) is 20.0. The lowest BCUT2D eigenvalue weighted by molar-refractivity contribution is 0.0593. The minimum atomic E-state index is -0.777. The van der Waals surface area contributed by atoms with Crippen molar-refractivity contribution < 1.29 is 18.7 Å². The highest BCUT2D eigenvalue weighted by atomic mass is 35.5. The van der Waals surface area contributed by atoms with Crippen molar-refractivity contribution in [3.8, 4) is 22.4 Å². The number of ketones is 1. The molecule has 2 aromatic carbocycles. The van der Waals surface area contributed by atoms with Gasteiger partial charge in [0.15, 0.2) is 5.76 Å². The number of halogens is 2. The van der Waals surface area contributed by atoms with Gasteiger partial charge in [-0.1, -0.05) is 74.3 Å². The number of carbonyl (C=O) groups excluding carboxylic acids is 2. The molecule has 0 aliphatic rings. The van der Waals surface area contributed by atoms with E-state index in [9.17, 15) is 9.59 Å². The van der Waals surface area contributed by atoms with E-state index in [0.717, 1.165) is 5.56 Å². The van der Waals surface area contributed by atoms with Gasteiger partial charge in [0.1, 0.15) is 5.56 Å². The van der Waals surface area contributed by atoms with Crippen LogP contribution in [0.25, 0.3) is 33.5 Å². The largest absolute Gasteiger partial charge is 0.465 e. The van der Waals surface area contributed by atoms with Gasteiger partial charge in [0.2, 0.25) is 11.5 Å². The number of esters is 1. The summed E-state index contributed by atoms with van der Waals surface area (Å²) in [6.07, 6.45) is 0. The van der Waals surface area contributed by atoms with Crippen molar-refractivity contribution in [2.45, 2.75) is 20.8 Å². The molecule has 0 radical (unpaired) electrons. The lowest BCUT2D eigenvalue weighted by Gasteiger charge is -2.14. The highest BCUT2D eigenvalue weighted by Gasteiger charge is 2.34. The monoisotopic (exact) mass is 481 g/mol. The van der Waals surface area contributed by atoms with Gasteiger partial charge in [0.25, 0.3) is 0 Å². The number of methoxy groups -OCH3 is 1. The third kappa shape index (κ3) is 4.26. The Bertz CT molecular complexity index is 1380. The van der Waals surface area contributed by atoms with Crippen molar-refractivity contribution in [3.05, 3.63) is 76.0 Å². The third-order valence-electron chi connectivity index (χ3n) is 5.24. The maximum absolute atomic E-state index is 13.1. The van der Waals surface area contributed by atoms with Crippen molar-refractivity contribution in [1.29, 1.82) is 0 Å². The second-order valence-corrected chi connectivity index (χ2v) is 9.44. The summed E-state index contributed by atoms with van der Waals surface area (Å²) in [4.78, 5) is 30.6. The number of furan rings is 1. The van der Waals surface area contributed by atoms with Gasteiger partial charge in [-0.25, -0.2) is 9.78 Å². The number of fused-ring (bicyclic) bond motifs is 1. The Hall–Kier alpha value is -3.15. The molecule has 0 amide bonds. The van der Waals surface area contributed by atoms with Gasteiger partial charge < -0.3 is 9.15 Å². The highest BCUT2D eigenvalue weighted by Crippen LogP contribution is 2.40. The maximum atomic E-state index is 13.1. The number of hydrogen-bond donors (Lipinski definition) is 0. The Labute approximate surface area is 201 Å². The van der Waals surface area contributed by atoms with Crippen molar-refractivity contribution in [3.63, 3.8) is 0 Å². The molecule has 4 aromatic rings. The zero-order valence-electron chi connectivity index (χ0n) is 18.5. The Morgan fingerprint density at radius 2 is 1.64 bits per heavy atom. The Kier molecular flexibility index (Phi) is 6.04. The Balaban J connectivity index is 2.10. The summed E-state index contributed by atoms with van der Waals surface area (Å²) in [5.74, 6) is -1.07. The smallest absolute Gasteiger partial charge is 0.342 e. The van der Waals surface area contributed by atoms with Gasteiger partial charge in [0, 0.05) is 26.6 Å². The molecule has 0 aliphatic carbocycles. The lowest BCUT2D eigenvalue weighted by atomic mass is 9.88. The normalized spacial score (nSPS) is 11.6. The van der Waals surface area contributed by atoms with Gasteiger partial charge in [-0.2, -0.15) is 0 Å². The molecule has 2 aromatic heterocycles. The lowest BCUT2D eigenvalue weighted by Crippen LogP contribution is -2.22. The molecule has 0 spiro atoms. The van der Waals surface area contributed by atoms with Crippen LogP contribution in [-0.4, -0.2) is 23.8 Å². The Morgan fingerprint density at radius 3 is 2.24 bits per heavy atom. The van der Waals surface area contributed by atoms with Gasteiger partial charge in [0.05, 0.1) is 18.2 Å². The molecule has 0 aliphatic heterocycles. The van der Waals surface area contributed by atoms with E-state index in [1.54, 1.807) is 45.0 Å². The van der Waals surface area contributed by atoms with E-state index in [-0.39, 0.29) is 22.8 Å². The van der Waals surface area contributed by atoms with Crippen LogP contribution in [0, 0.1) is 5.41 Å². The molecule has 0 fully saturated rings. The number of Topliss-reactive ketones (excluding diaryl/α,β-unsaturated/α-hetero) is 1. The molecule has 7 heteroatoms. The van der Waals surface area contributed by atoms with Crippen LogP contribution in [0.4, 0.5) is 0 Å². The topological polar surface area (TPSA) is 69.4 Å². The number of carbonyl (C=O) groups is 2. The molecule has 4 rings (SSSR count). The fourth-order valence-electron chi connectivity index (χ4n) is 3.54. The second kappa shape index (κ2) is 8.65. The number of nitrogens with zero attached hydrogens (tertiary/aromatic N) is 1. The van der Waals surface area contributed by atoms with E-state index in [0.29, 0.717) is 32.3 Å². The number of ether oxygens (including phenoxy) is 1. The van der Waals surface area contributed by atoms with Gasteiger partial charge in [-0.05, 0) is 29.8 Å². The summed E-state index contributed by atoms with van der Waals surface area (Å²) < 4.78 is 10.9. The standard InChI is InChI=1S/C26H21Cl2NO4/c1-26(2,3)23(30)22-20(25(31)32-4)18-13-17(14-9-11-15(27)12-10-14)21(29-24(18)33-22)16-7-5-6-8-19(16)28/h5-13H,1-4H3. The van der Waals surface area contributed by atoms with Gasteiger partial charge in [-0.3, -0.25) is 4.79 Å². The maximum Gasteiger partial charge on any atom is 0.342 e. The molecule has 0 bridgehead atoms. The molecule has 0 N–H and O–H groups in total. The number of benzene rings is 2. The SMILES string of the molecule is COC(=O)c1c(C(=O)C(C)(C)C)oc2nc(-c3ccccc3Cl)c(-c3ccc(Cl)cc3)cc12. The van der Waals surface area contributed by atoms with E-state index in [1.807, 2.05) is 30.3 Å². The molecule has 5 nitrogen and oxygen atoms in total. The molecular weight excluding hydrogens is 461 g/mol. The second-order valence-electron chi connectivity index (χ2n) is 8.60. The molecule has 0 atom stereocenters. The highest BCUT2D eigenvalue weighted by molar-refractivity contribution is 6.33. The molecule has 33 heavy (non-hydrogen) atoms. The summed E-state index contributed by atoms with van der Waals surface area (Å²) in [6.45, 7) is 5.27. The quantitative estimate of drug-likeness (QED) is 0.223. The fourth-order valence-corrected chi connectivity index (χ4v) is 3.89. The van der Waals surface area contributed by atoms with Gasteiger partial charge >= 0.3 is 5.97 Å². The van der Waals surface area contributed by atoms with Crippen molar-refractivity contribution in [2.75, 3.05) is 7.11 Å². The zero-order chi connectivity index (χ0) is 23.9. The first kappa shape index (κ1) is 23.0. The molecule has 168 valence electrons. The summed E-state index contributed by atoms with van der Waals surface area (Å²) in [7, 11) is 1.26. The molecule has 0 unspecified atom stereocenters. The Morgan fingerprint density at radius 1 is 0.970 bits per heavy atom. The summed E-state index contributed by atoms with van der Waals surface area (Å²) >= 11 is 12.6. The number of pyridine rings is 1. The van der Waals surface area contributed by atoms with E-state index in [4.69, 9.17) is 37.3 Å². The molecular formula is C26H21Cl2NO4. The number of hydrogen-bond acceptors (Lipinski definition) is 5. The van der Waals surface area contributed by atoms with E-state index >= 15 is 0 Å². The number of rotatable bonds is 4. The summed E-state index contributed by atoms with van der Waals surface area (Å²) in [6, 6.07) is 16.3. The van der Waals surface area contributed by atoms with Gasteiger partial charge in [-0.15, -0.1) is 0 Å².